The van der Waals surface area contributed by atoms with Gasteiger partial charge in [-0.1, -0.05) is 27.2 Å². The summed E-state index contributed by atoms with van der Waals surface area (Å²) in [7, 11) is -3.46. The summed E-state index contributed by atoms with van der Waals surface area (Å²) in [6, 6.07) is 0. The molecule has 4 fully saturated rings. The Morgan fingerprint density at radius 1 is 1.03 bits per heavy atom. The lowest BCUT2D eigenvalue weighted by Crippen LogP contribution is -2.58. The Hall–Kier alpha value is -0.700. The molecular formula is C25H42O7S. The lowest BCUT2D eigenvalue weighted by molar-refractivity contribution is -0.252. The molecular weight excluding hydrogens is 444 g/mol. The maximum absolute atomic E-state index is 12.3. The fourth-order valence-corrected chi connectivity index (χ4v) is 8.34. The summed E-state index contributed by atoms with van der Waals surface area (Å²) in [6.45, 7) is 9.87. The fourth-order valence-electron chi connectivity index (χ4n) is 7.94. The van der Waals surface area contributed by atoms with E-state index in [1.807, 2.05) is 0 Å². The van der Waals surface area contributed by atoms with Crippen LogP contribution in [0, 0.1) is 34.5 Å². The molecule has 0 radical (unpaired) electrons. The predicted molar refractivity (Wildman–Crippen MR) is 124 cm³/mol. The molecule has 1 heterocycles. The van der Waals surface area contributed by atoms with Crippen molar-refractivity contribution in [1.82, 2.24) is 0 Å². The quantitative estimate of drug-likeness (QED) is 0.409. The van der Waals surface area contributed by atoms with Crippen LogP contribution in [0.1, 0.15) is 79.1 Å². The minimum atomic E-state index is -3.46. The molecule has 1 aliphatic heterocycles. The van der Waals surface area contributed by atoms with Gasteiger partial charge in [0.15, 0.2) is 5.79 Å². The topological polar surface area (TPSA) is 88.1 Å². The number of hydrogen-bond donors (Lipinski definition) is 0. The summed E-state index contributed by atoms with van der Waals surface area (Å²) >= 11 is 0. The zero-order chi connectivity index (χ0) is 24.1. The van der Waals surface area contributed by atoms with Crippen molar-refractivity contribution in [3.8, 4) is 0 Å². The highest BCUT2D eigenvalue weighted by atomic mass is 32.2. The molecule has 7 atom stereocenters. The molecule has 0 bridgehead atoms. The van der Waals surface area contributed by atoms with Gasteiger partial charge in [0.05, 0.1) is 26.1 Å². The number of hydrogen-bond acceptors (Lipinski definition) is 7. The zero-order valence-corrected chi connectivity index (χ0v) is 21.7. The first-order valence-corrected chi connectivity index (χ1v) is 14.5. The predicted octanol–water partition coefficient (Wildman–Crippen LogP) is 4.30. The van der Waals surface area contributed by atoms with E-state index in [1.54, 1.807) is 0 Å². The molecule has 8 heteroatoms. The van der Waals surface area contributed by atoms with E-state index in [2.05, 4.69) is 20.8 Å². The Balaban J connectivity index is 1.61. The number of rotatable bonds is 6. The summed E-state index contributed by atoms with van der Waals surface area (Å²) in [5.74, 6) is 0.565. The van der Waals surface area contributed by atoms with Gasteiger partial charge in [0, 0.05) is 30.6 Å². The van der Waals surface area contributed by atoms with Crippen LogP contribution in [0.5, 0.6) is 0 Å². The maximum atomic E-state index is 12.3. The maximum Gasteiger partial charge on any atom is 0.302 e. The smallest absolute Gasteiger partial charge is 0.302 e. The highest BCUT2D eigenvalue weighted by molar-refractivity contribution is 7.85. The van der Waals surface area contributed by atoms with Gasteiger partial charge in [-0.15, -0.1) is 0 Å². The minimum absolute atomic E-state index is 0.0397. The van der Waals surface area contributed by atoms with Crippen molar-refractivity contribution in [3.05, 3.63) is 0 Å². The van der Waals surface area contributed by atoms with E-state index in [-0.39, 0.29) is 41.3 Å². The van der Waals surface area contributed by atoms with Gasteiger partial charge >= 0.3 is 5.97 Å². The van der Waals surface area contributed by atoms with E-state index in [4.69, 9.17) is 18.4 Å². The van der Waals surface area contributed by atoms with E-state index >= 15 is 0 Å². The van der Waals surface area contributed by atoms with Crippen LogP contribution in [0.4, 0.5) is 0 Å². The van der Waals surface area contributed by atoms with Gasteiger partial charge in [-0.25, -0.2) is 0 Å². The summed E-state index contributed by atoms with van der Waals surface area (Å²) in [5.41, 5.74) is -0.213. The van der Waals surface area contributed by atoms with Gasteiger partial charge < -0.3 is 14.2 Å². The van der Waals surface area contributed by atoms with Crippen molar-refractivity contribution in [1.29, 1.82) is 0 Å². The molecule has 0 N–H and O–H groups in total. The van der Waals surface area contributed by atoms with Crippen LogP contribution in [0.3, 0.4) is 0 Å². The Labute approximate surface area is 199 Å². The minimum Gasteiger partial charge on any atom is -0.462 e. The van der Waals surface area contributed by atoms with Crippen LogP contribution in [-0.2, 0) is 33.3 Å². The molecule has 0 unspecified atom stereocenters. The summed E-state index contributed by atoms with van der Waals surface area (Å²) in [4.78, 5) is 12.3. The molecule has 3 aliphatic carbocycles. The molecule has 1 saturated heterocycles. The molecule has 4 rings (SSSR count). The molecule has 33 heavy (non-hydrogen) atoms. The van der Waals surface area contributed by atoms with E-state index in [0.717, 1.165) is 51.2 Å². The standard InChI is InChI=1S/C25H42O7S/c1-17-6-10-23(3,19(16-17)9-13-31-33(5,27)28)20-7-11-24(4)21(22(20)32-18(2)26)8-12-25(24)29-14-15-30-25/h17,19-22H,6-16H2,1-5H3/t17-,19-,20-,21-,22+,23-,24-/m0/s1. The third-order valence-electron chi connectivity index (χ3n) is 9.70. The number of esters is 1. The van der Waals surface area contributed by atoms with Gasteiger partial charge in [-0.05, 0) is 55.8 Å². The average molecular weight is 487 g/mol. The normalized spacial score (nSPS) is 42.9. The van der Waals surface area contributed by atoms with Crippen LogP contribution < -0.4 is 0 Å². The molecule has 0 aromatic rings. The van der Waals surface area contributed by atoms with E-state index in [9.17, 15) is 13.2 Å². The van der Waals surface area contributed by atoms with Crippen LogP contribution in [0.25, 0.3) is 0 Å². The first-order chi connectivity index (χ1) is 15.4. The van der Waals surface area contributed by atoms with Crippen molar-refractivity contribution in [3.63, 3.8) is 0 Å². The van der Waals surface area contributed by atoms with Crippen molar-refractivity contribution in [2.24, 2.45) is 34.5 Å². The SMILES string of the molecule is CC(=O)O[C@@H]1[C@@H]([C@@]2(C)CC[C@H](C)C[C@@H]2CCOS(C)(=O)=O)CC[C@@]2(C)[C@H]1CCC21OCCO1. The second-order valence-corrected chi connectivity index (χ2v) is 13.3. The lowest BCUT2D eigenvalue weighted by Gasteiger charge is -2.57. The highest BCUT2D eigenvalue weighted by Crippen LogP contribution is 2.65. The van der Waals surface area contributed by atoms with Gasteiger partial charge in [-0.2, -0.15) is 8.42 Å². The summed E-state index contributed by atoms with van der Waals surface area (Å²) < 4.78 is 46.8. The Bertz CT molecular complexity index is 836. The molecule has 1 spiro atoms. The first-order valence-electron chi connectivity index (χ1n) is 12.7. The summed E-state index contributed by atoms with van der Waals surface area (Å²) in [5, 5.41) is 0. The first kappa shape index (κ1) is 25.4. The lowest BCUT2D eigenvalue weighted by atomic mass is 9.50. The van der Waals surface area contributed by atoms with E-state index in [0.29, 0.717) is 31.5 Å². The third kappa shape index (κ3) is 4.62. The zero-order valence-electron chi connectivity index (χ0n) is 20.9. The molecule has 190 valence electrons. The number of carbonyl (C=O) groups excluding carboxylic acids is 1. The monoisotopic (exact) mass is 486 g/mol. The van der Waals surface area contributed by atoms with Gasteiger partial charge in [0.2, 0.25) is 0 Å². The number of fused-ring (bicyclic) bond motifs is 2. The highest BCUT2D eigenvalue weighted by Gasteiger charge is 2.67. The van der Waals surface area contributed by atoms with Crippen LogP contribution in [0.2, 0.25) is 0 Å². The van der Waals surface area contributed by atoms with Crippen LogP contribution in [0.15, 0.2) is 0 Å². The van der Waals surface area contributed by atoms with Crippen LogP contribution >= 0.6 is 0 Å². The van der Waals surface area contributed by atoms with Gasteiger partial charge in [0.1, 0.15) is 6.10 Å². The molecule has 0 aromatic carbocycles. The number of carbonyl (C=O) groups is 1. The molecule has 0 aromatic heterocycles. The Morgan fingerprint density at radius 2 is 1.70 bits per heavy atom. The van der Waals surface area contributed by atoms with Crippen LogP contribution in [-0.4, -0.2) is 52.4 Å². The van der Waals surface area contributed by atoms with E-state index in [1.165, 1.54) is 6.92 Å². The van der Waals surface area contributed by atoms with E-state index < -0.39 is 15.9 Å². The van der Waals surface area contributed by atoms with Crippen molar-refractivity contribution in [2.45, 2.75) is 91.0 Å². The molecule has 0 amide bonds. The fraction of sp³-hybridized carbons (Fsp3) is 0.960. The third-order valence-corrected chi connectivity index (χ3v) is 10.3. The number of ether oxygens (including phenoxy) is 3. The average Bonchev–Trinajstić information content (AvgIpc) is 3.30. The van der Waals surface area contributed by atoms with Gasteiger partial charge in [-0.3, -0.25) is 8.98 Å². The molecule has 7 nitrogen and oxygen atoms in total. The second-order valence-electron chi connectivity index (χ2n) is 11.6. The largest absolute Gasteiger partial charge is 0.462 e. The Kier molecular flexibility index (Phi) is 6.98. The summed E-state index contributed by atoms with van der Waals surface area (Å²) in [6.07, 6.45) is 8.59. The van der Waals surface area contributed by atoms with Crippen molar-refractivity contribution in [2.75, 3.05) is 26.1 Å². The van der Waals surface area contributed by atoms with Crippen molar-refractivity contribution >= 4 is 16.1 Å². The second kappa shape index (κ2) is 9.07. The Morgan fingerprint density at radius 3 is 2.33 bits per heavy atom. The molecule has 4 aliphatic rings. The van der Waals surface area contributed by atoms with Crippen molar-refractivity contribution < 1.29 is 31.6 Å². The molecule has 3 saturated carbocycles. The van der Waals surface area contributed by atoms with Gasteiger partial charge in [0.25, 0.3) is 10.1 Å².